The lowest BCUT2D eigenvalue weighted by molar-refractivity contribution is 0.720. The Kier molecular flexibility index (Phi) is 5.15. The van der Waals surface area contributed by atoms with Crippen molar-refractivity contribution < 1.29 is 0 Å². The molecule has 0 bridgehead atoms. The van der Waals surface area contributed by atoms with Gasteiger partial charge in [-0.1, -0.05) is 11.6 Å². The van der Waals surface area contributed by atoms with Crippen LogP contribution >= 0.6 is 22.9 Å². The Hall–Kier alpha value is -0.380. The highest BCUT2D eigenvalue weighted by atomic mass is 35.5. The number of thiazole rings is 1. The van der Waals surface area contributed by atoms with Crippen molar-refractivity contribution in [1.29, 1.82) is 0 Å². The van der Waals surface area contributed by atoms with Gasteiger partial charge in [-0.25, -0.2) is 4.98 Å². The highest BCUT2D eigenvalue weighted by molar-refractivity contribution is 7.09. The maximum atomic E-state index is 5.54. The van der Waals surface area contributed by atoms with Crippen molar-refractivity contribution >= 4 is 22.9 Å². The van der Waals surface area contributed by atoms with E-state index in [0.717, 1.165) is 30.1 Å². The number of nitrogens with one attached hydrogen (secondary N) is 1. The highest BCUT2D eigenvalue weighted by Gasteiger charge is 1.97. The van der Waals surface area contributed by atoms with Crippen LogP contribution in [0.2, 0.25) is 0 Å². The van der Waals surface area contributed by atoms with Gasteiger partial charge in [0.15, 0.2) is 0 Å². The number of halogens is 1. The minimum Gasteiger partial charge on any atom is -0.313 e. The summed E-state index contributed by atoms with van der Waals surface area (Å²) in [5.74, 6) is 0. The van der Waals surface area contributed by atoms with E-state index >= 15 is 0 Å². The number of hydrogen-bond acceptors (Lipinski definition) is 3. The Bertz CT molecular complexity index is 307. The van der Waals surface area contributed by atoms with E-state index in [9.17, 15) is 0 Å². The zero-order valence-corrected chi connectivity index (χ0v) is 10.1. The third-order valence-electron chi connectivity index (χ3n) is 1.81. The van der Waals surface area contributed by atoms with Gasteiger partial charge in [-0.3, -0.25) is 0 Å². The van der Waals surface area contributed by atoms with Gasteiger partial charge in [-0.15, -0.1) is 11.3 Å². The molecule has 0 spiro atoms. The largest absolute Gasteiger partial charge is 0.313 e. The summed E-state index contributed by atoms with van der Waals surface area (Å²) in [5.41, 5.74) is 3.94. The van der Waals surface area contributed by atoms with Crippen molar-refractivity contribution in [3.05, 3.63) is 27.2 Å². The molecule has 0 aromatic carbocycles. The van der Waals surface area contributed by atoms with E-state index in [0.29, 0.717) is 0 Å². The maximum absolute atomic E-state index is 5.54. The third-order valence-corrected chi connectivity index (χ3v) is 3.01. The maximum Gasteiger partial charge on any atom is 0.0897 e. The van der Waals surface area contributed by atoms with Crippen molar-refractivity contribution in [2.24, 2.45) is 0 Å². The molecular formula is C10H15ClN2S. The fraction of sp³-hybridized carbons (Fsp3) is 0.500. The Labute approximate surface area is 94.0 Å². The molecule has 0 amide bonds. The molecule has 78 valence electrons. The molecule has 1 heterocycles. The van der Waals surface area contributed by atoms with Crippen LogP contribution in [0.4, 0.5) is 0 Å². The molecule has 0 aliphatic heterocycles. The Morgan fingerprint density at radius 2 is 2.50 bits per heavy atom. The van der Waals surface area contributed by atoms with Crippen LogP contribution in [-0.2, 0) is 6.42 Å². The molecule has 0 aliphatic carbocycles. The summed E-state index contributed by atoms with van der Waals surface area (Å²) in [4.78, 5) is 4.39. The summed E-state index contributed by atoms with van der Waals surface area (Å²) < 4.78 is 0. The van der Waals surface area contributed by atoms with Gasteiger partial charge in [0.2, 0.25) is 0 Å². The highest BCUT2D eigenvalue weighted by Crippen LogP contribution is 2.07. The Morgan fingerprint density at radius 1 is 1.71 bits per heavy atom. The molecule has 0 atom stereocenters. The number of aromatic nitrogens is 1. The topological polar surface area (TPSA) is 24.9 Å². The van der Waals surface area contributed by atoms with Gasteiger partial charge in [-0.05, 0) is 19.4 Å². The Balaban J connectivity index is 2.16. The van der Waals surface area contributed by atoms with Crippen molar-refractivity contribution in [2.45, 2.75) is 20.3 Å². The van der Waals surface area contributed by atoms with Crippen LogP contribution in [0.5, 0.6) is 0 Å². The predicted octanol–water partition coefficient (Wildman–Crippen LogP) is 2.73. The summed E-state index contributed by atoms with van der Waals surface area (Å²) in [6, 6.07) is 0. The molecule has 0 saturated heterocycles. The average Bonchev–Trinajstić information content (AvgIpc) is 2.58. The van der Waals surface area contributed by atoms with Crippen LogP contribution in [0.3, 0.4) is 0 Å². The number of aryl methyl sites for hydroxylation is 1. The standard InChI is InChI=1S/C10H15ClN2S/c1-8(5-11)6-12-4-3-10-7-14-9(2)13-10/h5,7,12H,3-4,6H2,1-2H3. The first kappa shape index (κ1) is 11.7. The summed E-state index contributed by atoms with van der Waals surface area (Å²) in [7, 11) is 0. The van der Waals surface area contributed by atoms with Crippen molar-refractivity contribution in [1.82, 2.24) is 10.3 Å². The molecule has 1 aromatic rings. The normalized spacial score (nSPS) is 12.1. The second kappa shape index (κ2) is 6.17. The zero-order chi connectivity index (χ0) is 10.4. The summed E-state index contributed by atoms with van der Waals surface area (Å²) in [6.45, 7) is 5.84. The first-order valence-electron chi connectivity index (χ1n) is 4.60. The monoisotopic (exact) mass is 230 g/mol. The van der Waals surface area contributed by atoms with Gasteiger partial charge >= 0.3 is 0 Å². The van der Waals surface area contributed by atoms with Gasteiger partial charge < -0.3 is 5.32 Å². The molecule has 4 heteroatoms. The van der Waals surface area contributed by atoms with Gasteiger partial charge in [0, 0.05) is 30.4 Å². The van der Waals surface area contributed by atoms with Crippen LogP contribution < -0.4 is 5.32 Å². The van der Waals surface area contributed by atoms with E-state index in [-0.39, 0.29) is 0 Å². The predicted molar refractivity (Wildman–Crippen MR) is 63.0 cm³/mol. The van der Waals surface area contributed by atoms with E-state index in [1.54, 1.807) is 16.9 Å². The molecule has 2 nitrogen and oxygen atoms in total. The molecule has 0 unspecified atom stereocenters. The molecule has 0 saturated carbocycles. The summed E-state index contributed by atoms with van der Waals surface area (Å²) >= 11 is 7.24. The molecule has 1 rings (SSSR count). The molecule has 0 aliphatic rings. The minimum atomic E-state index is 0.854. The molecule has 0 radical (unpaired) electrons. The smallest absolute Gasteiger partial charge is 0.0897 e. The summed E-state index contributed by atoms with van der Waals surface area (Å²) in [5, 5.41) is 6.55. The van der Waals surface area contributed by atoms with Gasteiger partial charge in [0.1, 0.15) is 0 Å². The molecular weight excluding hydrogens is 216 g/mol. The molecule has 0 fully saturated rings. The van der Waals surface area contributed by atoms with Crippen LogP contribution in [0.15, 0.2) is 16.5 Å². The van der Waals surface area contributed by atoms with Crippen molar-refractivity contribution in [3.63, 3.8) is 0 Å². The average molecular weight is 231 g/mol. The van der Waals surface area contributed by atoms with Crippen LogP contribution in [0.1, 0.15) is 17.6 Å². The third kappa shape index (κ3) is 4.22. The van der Waals surface area contributed by atoms with Gasteiger partial charge in [0.05, 0.1) is 10.7 Å². The fourth-order valence-electron chi connectivity index (χ4n) is 1.06. The van der Waals surface area contributed by atoms with Crippen molar-refractivity contribution in [2.75, 3.05) is 13.1 Å². The zero-order valence-electron chi connectivity index (χ0n) is 8.51. The van der Waals surface area contributed by atoms with E-state index in [1.807, 2.05) is 13.8 Å². The number of rotatable bonds is 5. The first-order valence-corrected chi connectivity index (χ1v) is 5.91. The van der Waals surface area contributed by atoms with Crippen molar-refractivity contribution in [3.8, 4) is 0 Å². The lowest BCUT2D eigenvalue weighted by atomic mass is 10.3. The van der Waals surface area contributed by atoms with E-state index in [1.165, 1.54) is 5.69 Å². The lowest BCUT2D eigenvalue weighted by Crippen LogP contribution is -2.19. The molecule has 1 aromatic heterocycles. The number of nitrogens with zero attached hydrogens (tertiary/aromatic N) is 1. The van der Waals surface area contributed by atoms with Crippen LogP contribution in [-0.4, -0.2) is 18.1 Å². The first-order chi connectivity index (χ1) is 6.72. The summed E-state index contributed by atoms with van der Waals surface area (Å²) in [6.07, 6.45) is 0.986. The molecule has 1 N–H and O–H groups in total. The van der Waals surface area contributed by atoms with Gasteiger partial charge in [-0.2, -0.15) is 0 Å². The van der Waals surface area contributed by atoms with Crippen LogP contribution in [0, 0.1) is 6.92 Å². The second-order valence-corrected chi connectivity index (χ2v) is 4.52. The SMILES string of the molecule is CC(=CCl)CNCCc1csc(C)n1. The van der Waals surface area contributed by atoms with E-state index < -0.39 is 0 Å². The fourth-order valence-corrected chi connectivity index (χ4v) is 1.79. The minimum absolute atomic E-state index is 0.854. The van der Waals surface area contributed by atoms with Crippen LogP contribution in [0.25, 0.3) is 0 Å². The quantitative estimate of drug-likeness (QED) is 0.787. The van der Waals surface area contributed by atoms with Gasteiger partial charge in [0.25, 0.3) is 0 Å². The number of hydrogen-bond donors (Lipinski definition) is 1. The lowest BCUT2D eigenvalue weighted by Gasteiger charge is -2.02. The Morgan fingerprint density at radius 3 is 3.07 bits per heavy atom. The van der Waals surface area contributed by atoms with E-state index in [2.05, 4.69) is 15.7 Å². The second-order valence-electron chi connectivity index (χ2n) is 3.24. The van der Waals surface area contributed by atoms with E-state index in [4.69, 9.17) is 11.6 Å². The molecule has 14 heavy (non-hydrogen) atoms.